The zero-order valence-electron chi connectivity index (χ0n) is 18.9. The minimum atomic E-state index is -0.274. The number of nitroso groups, excluding NO2 is 1. The fraction of sp³-hybridized carbons (Fsp3) is 0.364. The third kappa shape index (κ3) is 5.49. The molecule has 2 N–H and O–H groups in total. The molecule has 12 heteroatoms. The third-order valence-electron chi connectivity index (χ3n) is 5.65. The van der Waals surface area contributed by atoms with Gasteiger partial charge < -0.3 is 15.5 Å². The molecule has 0 atom stereocenters. The number of thiazole rings is 1. The van der Waals surface area contributed by atoms with E-state index in [0.29, 0.717) is 39.6 Å². The van der Waals surface area contributed by atoms with Crippen molar-refractivity contribution in [1.82, 2.24) is 19.9 Å². The number of nitrogens with one attached hydrogen (secondary N) is 2. The highest BCUT2D eigenvalue weighted by atomic mass is 35.5. The number of amides is 1. The van der Waals surface area contributed by atoms with Gasteiger partial charge in [-0.15, -0.1) is 0 Å². The lowest BCUT2D eigenvalue weighted by Gasteiger charge is -2.35. The summed E-state index contributed by atoms with van der Waals surface area (Å²) in [6.07, 6.45) is 3.05. The van der Waals surface area contributed by atoms with Crippen LogP contribution in [0.3, 0.4) is 0 Å². The maximum atomic E-state index is 12.7. The second-order valence-corrected chi connectivity index (χ2v) is 9.33. The van der Waals surface area contributed by atoms with Crippen molar-refractivity contribution in [2.45, 2.75) is 13.8 Å². The highest BCUT2D eigenvalue weighted by Crippen LogP contribution is 2.30. The molecule has 1 amide bonds. The van der Waals surface area contributed by atoms with Crippen LogP contribution in [0, 0.1) is 18.8 Å². The molecule has 1 aliphatic heterocycles. The largest absolute Gasteiger partial charge is 0.354 e. The summed E-state index contributed by atoms with van der Waals surface area (Å²) < 4.78 is 0. The Hall–Kier alpha value is -3.15. The van der Waals surface area contributed by atoms with Gasteiger partial charge in [0.25, 0.3) is 5.91 Å². The van der Waals surface area contributed by atoms with Crippen LogP contribution in [0.25, 0.3) is 0 Å². The molecule has 0 radical (unpaired) electrons. The van der Waals surface area contributed by atoms with Crippen LogP contribution < -0.4 is 15.5 Å². The standard InChI is InChI=1S/C22H25ClN8O2S/c1-14-4-3-5-16(23)18(14)28-21(32)17-12-24-22(34-17)29-19-15(2)20(26-13-25-19)31-10-8-30(9-11-31)7-6-27-33/h3-5,12-13H,6-11H2,1-2H3,(H,28,32)(H,24,25,26,29). The number of rotatable bonds is 8. The maximum absolute atomic E-state index is 12.7. The van der Waals surface area contributed by atoms with E-state index < -0.39 is 0 Å². The average molecular weight is 501 g/mol. The first-order valence-corrected chi connectivity index (χ1v) is 12.0. The smallest absolute Gasteiger partial charge is 0.267 e. The second-order valence-electron chi connectivity index (χ2n) is 7.89. The van der Waals surface area contributed by atoms with E-state index in [1.165, 1.54) is 23.9 Å². The van der Waals surface area contributed by atoms with Crippen LogP contribution in [0.1, 0.15) is 20.8 Å². The molecular weight excluding hydrogens is 476 g/mol. The molecule has 1 fully saturated rings. The summed E-state index contributed by atoms with van der Waals surface area (Å²) in [6.45, 7) is 8.14. The van der Waals surface area contributed by atoms with Gasteiger partial charge in [-0.1, -0.05) is 40.2 Å². The number of anilines is 4. The number of benzene rings is 1. The molecule has 3 heterocycles. The van der Waals surface area contributed by atoms with Crippen LogP contribution in [0.2, 0.25) is 5.02 Å². The van der Waals surface area contributed by atoms with Crippen LogP contribution in [0.5, 0.6) is 0 Å². The van der Waals surface area contributed by atoms with Crippen molar-refractivity contribution in [2.24, 2.45) is 5.18 Å². The third-order valence-corrected chi connectivity index (χ3v) is 6.88. The topological polar surface area (TPSA) is 116 Å². The SMILES string of the molecule is Cc1cccc(Cl)c1NC(=O)c1cnc(Nc2ncnc(N3CCN(CCN=O)CC3)c2C)s1. The number of aryl methyl sites for hydroxylation is 1. The van der Waals surface area contributed by atoms with Crippen LogP contribution in [0.4, 0.5) is 22.5 Å². The van der Waals surface area contributed by atoms with Crippen molar-refractivity contribution in [3.05, 3.63) is 56.7 Å². The first-order chi connectivity index (χ1) is 16.5. The van der Waals surface area contributed by atoms with Gasteiger partial charge in [0.2, 0.25) is 0 Å². The molecule has 178 valence electrons. The van der Waals surface area contributed by atoms with Crippen molar-refractivity contribution < 1.29 is 4.79 Å². The first-order valence-electron chi connectivity index (χ1n) is 10.8. The van der Waals surface area contributed by atoms with E-state index in [2.05, 4.69) is 40.6 Å². The van der Waals surface area contributed by atoms with Gasteiger partial charge in [-0.05, 0) is 25.5 Å². The second kappa shape index (κ2) is 10.9. The number of carbonyl (C=O) groups excluding carboxylic acids is 1. The lowest BCUT2D eigenvalue weighted by molar-refractivity contribution is 0.103. The number of nitrogens with zero attached hydrogens (tertiary/aromatic N) is 6. The number of para-hydroxylation sites is 1. The minimum absolute atomic E-state index is 0.274. The molecule has 1 aromatic carbocycles. The van der Waals surface area contributed by atoms with Gasteiger partial charge in [-0.2, -0.15) is 4.91 Å². The van der Waals surface area contributed by atoms with Gasteiger partial charge in [0.05, 0.1) is 23.5 Å². The lowest BCUT2D eigenvalue weighted by Crippen LogP contribution is -2.47. The molecule has 0 bridgehead atoms. The Morgan fingerprint density at radius 3 is 2.71 bits per heavy atom. The molecular formula is C22H25ClN8O2S. The van der Waals surface area contributed by atoms with E-state index in [9.17, 15) is 9.70 Å². The Bertz CT molecular complexity index is 1160. The van der Waals surface area contributed by atoms with Crippen molar-refractivity contribution in [2.75, 3.05) is 54.8 Å². The van der Waals surface area contributed by atoms with E-state index >= 15 is 0 Å². The monoisotopic (exact) mass is 500 g/mol. The predicted molar refractivity (Wildman–Crippen MR) is 136 cm³/mol. The molecule has 4 rings (SSSR count). The number of aromatic nitrogens is 3. The van der Waals surface area contributed by atoms with Crippen molar-refractivity contribution in [3.63, 3.8) is 0 Å². The Morgan fingerprint density at radius 1 is 1.18 bits per heavy atom. The summed E-state index contributed by atoms with van der Waals surface area (Å²) in [4.78, 5) is 41.2. The van der Waals surface area contributed by atoms with Crippen LogP contribution >= 0.6 is 22.9 Å². The highest BCUT2D eigenvalue weighted by molar-refractivity contribution is 7.17. The van der Waals surface area contributed by atoms with Gasteiger partial charge in [0.15, 0.2) is 5.13 Å². The van der Waals surface area contributed by atoms with Crippen LogP contribution in [-0.2, 0) is 0 Å². The van der Waals surface area contributed by atoms with E-state index in [-0.39, 0.29) is 5.91 Å². The van der Waals surface area contributed by atoms with Crippen molar-refractivity contribution >= 4 is 51.3 Å². The molecule has 0 aliphatic carbocycles. The number of hydrogen-bond donors (Lipinski definition) is 2. The van der Waals surface area contributed by atoms with E-state index in [4.69, 9.17) is 11.6 Å². The summed E-state index contributed by atoms with van der Waals surface area (Å²) in [5.74, 6) is 1.22. The summed E-state index contributed by atoms with van der Waals surface area (Å²) >= 11 is 7.46. The predicted octanol–water partition coefficient (Wildman–Crippen LogP) is 4.09. The molecule has 10 nitrogen and oxygen atoms in total. The van der Waals surface area contributed by atoms with Gasteiger partial charge in [0, 0.05) is 38.3 Å². The lowest BCUT2D eigenvalue weighted by atomic mass is 10.2. The Morgan fingerprint density at radius 2 is 1.97 bits per heavy atom. The van der Waals surface area contributed by atoms with Gasteiger partial charge in [-0.25, -0.2) is 15.0 Å². The molecule has 1 saturated heterocycles. The van der Waals surface area contributed by atoms with Gasteiger partial charge >= 0.3 is 0 Å². The van der Waals surface area contributed by atoms with Crippen LogP contribution in [0.15, 0.2) is 35.9 Å². The number of piperazine rings is 1. The zero-order valence-corrected chi connectivity index (χ0v) is 20.5. The Kier molecular flexibility index (Phi) is 7.66. The zero-order chi connectivity index (χ0) is 24.1. The quantitative estimate of drug-likeness (QED) is 0.444. The maximum Gasteiger partial charge on any atom is 0.267 e. The van der Waals surface area contributed by atoms with Crippen molar-refractivity contribution in [3.8, 4) is 0 Å². The van der Waals surface area contributed by atoms with Gasteiger partial charge in [-0.3, -0.25) is 9.69 Å². The Balaban J connectivity index is 1.42. The fourth-order valence-corrected chi connectivity index (χ4v) is 4.73. The van der Waals surface area contributed by atoms with Gasteiger partial charge in [0.1, 0.15) is 22.8 Å². The highest BCUT2D eigenvalue weighted by Gasteiger charge is 2.21. The number of carbonyl (C=O) groups is 1. The van der Waals surface area contributed by atoms with Crippen molar-refractivity contribution in [1.29, 1.82) is 0 Å². The van der Waals surface area contributed by atoms with Crippen LogP contribution in [-0.4, -0.2) is 65.0 Å². The average Bonchev–Trinajstić information content (AvgIpc) is 3.31. The fourth-order valence-electron chi connectivity index (χ4n) is 3.75. The molecule has 0 spiro atoms. The van der Waals surface area contributed by atoms with E-state index in [1.807, 2.05) is 26.0 Å². The number of halogens is 1. The molecule has 34 heavy (non-hydrogen) atoms. The molecule has 1 aliphatic rings. The first kappa shape index (κ1) is 24.0. The molecule has 0 saturated carbocycles. The normalized spacial score (nSPS) is 14.1. The summed E-state index contributed by atoms with van der Waals surface area (Å²) in [5.41, 5.74) is 2.38. The van der Waals surface area contributed by atoms with E-state index in [1.54, 1.807) is 6.07 Å². The molecule has 0 unspecified atom stereocenters. The Labute approximate surface area is 206 Å². The summed E-state index contributed by atoms with van der Waals surface area (Å²) in [5, 5.41) is 10.1. The number of hydrogen-bond acceptors (Lipinski definition) is 10. The van der Waals surface area contributed by atoms with E-state index in [0.717, 1.165) is 43.1 Å². The minimum Gasteiger partial charge on any atom is -0.354 e. The molecule has 3 aromatic rings. The molecule has 2 aromatic heterocycles. The summed E-state index contributed by atoms with van der Waals surface area (Å²) in [6, 6.07) is 5.46. The summed E-state index contributed by atoms with van der Waals surface area (Å²) in [7, 11) is 0.